The molecule has 2 N–H and O–H groups in total. The lowest BCUT2D eigenvalue weighted by molar-refractivity contribution is -0.138. The highest BCUT2D eigenvalue weighted by Gasteiger charge is 2.35. The minimum atomic E-state index is -4.62. The molecule has 1 aliphatic rings. The molecule has 2 heterocycles. The Morgan fingerprint density at radius 3 is 2.59 bits per heavy atom. The van der Waals surface area contributed by atoms with Crippen LogP contribution in [0.3, 0.4) is 0 Å². The molecule has 2 aromatic rings. The molecule has 0 bridgehead atoms. The number of hydrogen-bond donors (Lipinski definition) is 2. The van der Waals surface area contributed by atoms with Gasteiger partial charge in [0.1, 0.15) is 0 Å². The Morgan fingerprint density at radius 2 is 1.85 bits per heavy atom. The third-order valence-corrected chi connectivity index (χ3v) is 4.30. The fraction of sp³-hybridized carbons (Fsp3) is 0.333. The molecule has 0 spiro atoms. The number of ether oxygens (including phenoxy) is 2. The van der Waals surface area contributed by atoms with Crippen LogP contribution in [0.15, 0.2) is 18.2 Å². The predicted molar refractivity (Wildman–Crippen MR) is 87.2 cm³/mol. The first-order valence-electron chi connectivity index (χ1n) is 7.67. The van der Waals surface area contributed by atoms with E-state index in [0.717, 1.165) is 5.56 Å². The molecule has 1 aromatic carbocycles. The van der Waals surface area contributed by atoms with Crippen molar-refractivity contribution in [3.63, 3.8) is 0 Å². The van der Waals surface area contributed by atoms with Crippen LogP contribution in [0.2, 0.25) is 0 Å². The van der Waals surface area contributed by atoms with Gasteiger partial charge < -0.3 is 20.1 Å². The number of fused-ring (bicyclic) bond motifs is 1. The summed E-state index contributed by atoms with van der Waals surface area (Å²) in [5.74, 6) is 0.220. The van der Waals surface area contributed by atoms with Gasteiger partial charge >= 0.3 is 6.18 Å². The SMILES string of the molecule is O=C(CCC(=O)Nc1nnc(C(F)(F)F)s1)NCc1ccc2c(c1)OCO2. The monoisotopic (exact) mass is 402 g/mol. The van der Waals surface area contributed by atoms with Gasteiger partial charge in [-0.25, -0.2) is 0 Å². The lowest BCUT2D eigenvalue weighted by atomic mass is 10.2. The molecule has 0 atom stereocenters. The van der Waals surface area contributed by atoms with Crippen molar-refractivity contribution in [2.24, 2.45) is 0 Å². The fourth-order valence-electron chi connectivity index (χ4n) is 2.14. The largest absolute Gasteiger partial charge is 0.454 e. The van der Waals surface area contributed by atoms with Gasteiger partial charge in [-0.3, -0.25) is 9.59 Å². The number of hydrogen-bond acceptors (Lipinski definition) is 7. The third-order valence-electron chi connectivity index (χ3n) is 3.42. The number of carbonyl (C=O) groups excluding carboxylic acids is 2. The predicted octanol–water partition coefficient (Wildman–Crippen LogP) is 2.32. The van der Waals surface area contributed by atoms with Crippen LogP contribution in [-0.4, -0.2) is 28.8 Å². The normalized spacial score (nSPS) is 12.7. The van der Waals surface area contributed by atoms with Gasteiger partial charge in [0.2, 0.25) is 28.7 Å². The Kier molecular flexibility index (Phi) is 5.44. The van der Waals surface area contributed by atoms with Crippen LogP contribution < -0.4 is 20.1 Å². The molecule has 3 rings (SSSR count). The van der Waals surface area contributed by atoms with E-state index in [0.29, 0.717) is 11.5 Å². The topological polar surface area (TPSA) is 102 Å². The maximum atomic E-state index is 12.4. The van der Waals surface area contributed by atoms with E-state index in [4.69, 9.17) is 9.47 Å². The van der Waals surface area contributed by atoms with E-state index < -0.39 is 17.1 Å². The Bertz CT molecular complexity index is 856. The van der Waals surface area contributed by atoms with Gasteiger partial charge in [0, 0.05) is 19.4 Å². The number of aromatic nitrogens is 2. The summed E-state index contributed by atoms with van der Waals surface area (Å²) in [4.78, 5) is 23.5. The number of nitrogens with zero attached hydrogens (tertiary/aromatic N) is 2. The standard InChI is InChI=1S/C15H13F3N4O4S/c16-15(17,18)13-21-22-14(27-13)20-12(24)4-3-11(23)19-6-8-1-2-9-10(5-8)26-7-25-9/h1-2,5H,3-4,6-7H2,(H,19,23)(H,20,22,24). The highest BCUT2D eigenvalue weighted by atomic mass is 32.1. The Morgan fingerprint density at radius 1 is 1.11 bits per heavy atom. The molecule has 0 unspecified atom stereocenters. The van der Waals surface area contributed by atoms with Crippen molar-refractivity contribution in [2.45, 2.75) is 25.6 Å². The summed E-state index contributed by atoms with van der Waals surface area (Å²) in [7, 11) is 0. The summed E-state index contributed by atoms with van der Waals surface area (Å²) >= 11 is 0.218. The minimum Gasteiger partial charge on any atom is -0.454 e. The van der Waals surface area contributed by atoms with Crippen LogP contribution in [0.4, 0.5) is 18.3 Å². The molecular formula is C15H13F3N4O4S. The zero-order valence-corrected chi connectivity index (χ0v) is 14.4. The van der Waals surface area contributed by atoms with Gasteiger partial charge in [-0.1, -0.05) is 17.4 Å². The maximum Gasteiger partial charge on any atom is 0.445 e. The quantitative estimate of drug-likeness (QED) is 0.769. The van der Waals surface area contributed by atoms with E-state index in [1.54, 1.807) is 18.2 Å². The smallest absolute Gasteiger partial charge is 0.445 e. The Balaban J connectivity index is 1.41. The van der Waals surface area contributed by atoms with Crippen molar-refractivity contribution < 1.29 is 32.2 Å². The minimum absolute atomic E-state index is 0.124. The molecule has 1 aromatic heterocycles. The van der Waals surface area contributed by atoms with E-state index in [2.05, 4.69) is 20.8 Å². The molecule has 0 aliphatic carbocycles. The van der Waals surface area contributed by atoms with Crippen molar-refractivity contribution in [3.05, 3.63) is 28.8 Å². The summed E-state index contributed by atoms with van der Waals surface area (Å²) in [6.45, 7) is 0.391. The summed E-state index contributed by atoms with van der Waals surface area (Å²) in [5.41, 5.74) is 0.797. The van der Waals surface area contributed by atoms with Crippen LogP contribution in [-0.2, 0) is 22.3 Å². The van der Waals surface area contributed by atoms with Crippen molar-refractivity contribution in [1.29, 1.82) is 0 Å². The molecule has 12 heteroatoms. The number of amides is 2. The van der Waals surface area contributed by atoms with Crippen LogP contribution in [0.1, 0.15) is 23.4 Å². The second-order valence-corrected chi connectivity index (χ2v) is 6.40. The van der Waals surface area contributed by atoms with Crippen molar-refractivity contribution in [2.75, 3.05) is 12.1 Å². The summed E-state index contributed by atoms with van der Waals surface area (Å²) in [5, 5.41) is 9.61. The molecule has 144 valence electrons. The number of nitrogens with one attached hydrogen (secondary N) is 2. The average Bonchev–Trinajstić information content (AvgIpc) is 3.26. The first-order chi connectivity index (χ1) is 12.8. The second-order valence-electron chi connectivity index (χ2n) is 5.42. The lowest BCUT2D eigenvalue weighted by Crippen LogP contribution is -2.24. The second kappa shape index (κ2) is 7.78. The van der Waals surface area contributed by atoms with Gasteiger partial charge in [0.05, 0.1) is 0 Å². The number of halogens is 3. The Labute approximate surface area is 154 Å². The van der Waals surface area contributed by atoms with E-state index in [-0.39, 0.29) is 48.6 Å². The first kappa shape index (κ1) is 18.9. The molecule has 2 amide bonds. The zero-order chi connectivity index (χ0) is 19.4. The molecule has 0 fully saturated rings. The van der Waals surface area contributed by atoms with Gasteiger partial charge in [-0.15, -0.1) is 10.2 Å². The van der Waals surface area contributed by atoms with Crippen LogP contribution in [0.25, 0.3) is 0 Å². The highest BCUT2D eigenvalue weighted by molar-refractivity contribution is 7.15. The first-order valence-corrected chi connectivity index (χ1v) is 8.48. The van der Waals surface area contributed by atoms with E-state index in [1.165, 1.54) is 0 Å². The molecule has 1 aliphatic heterocycles. The number of alkyl halides is 3. The average molecular weight is 402 g/mol. The lowest BCUT2D eigenvalue weighted by Gasteiger charge is -2.06. The van der Waals surface area contributed by atoms with Crippen molar-refractivity contribution in [3.8, 4) is 11.5 Å². The molecule has 8 nitrogen and oxygen atoms in total. The highest BCUT2D eigenvalue weighted by Crippen LogP contribution is 2.33. The van der Waals surface area contributed by atoms with E-state index >= 15 is 0 Å². The molecule has 0 saturated heterocycles. The molecule has 27 heavy (non-hydrogen) atoms. The van der Waals surface area contributed by atoms with E-state index in [9.17, 15) is 22.8 Å². The molecular weight excluding hydrogens is 389 g/mol. The number of rotatable bonds is 6. The summed E-state index contributed by atoms with van der Waals surface area (Å²) in [6.07, 6.45) is -4.94. The Hall–Kier alpha value is -2.89. The number of benzene rings is 1. The molecule has 0 saturated carbocycles. The molecule has 0 radical (unpaired) electrons. The van der Waals surface area contributed by atoms with E-state index in [1.807, 2.05) is 0 Å². The van der Waals surface area contributed by atoms with Crippen LogP contribution >= 0.6 is 11.3 Å². The zero-order valence-electron chi connectivity index (χ0n) is 13.6. The fourth-order valence-corrected chi connectivity index (χ4v) is 2.76. The number of carbonyl (C=O) groups is 2. The number of anilines is 1. The van der Waals surface area contributed by atoms with Gasteiger partial charge in [0.15, 0.2) is 11.5 Å². The van der Waals surface area contributed by atoms with Crippen molar-refractivity contribution >= 4 is 28.3 Å². The van der Waals surface area contributed by atoms with Crippen LogP contribution in [0.5, 0.6) is 11.5 Å². The van der Waals surface area contributed by atoms with Gasteiger partial charge in [-0.05, 0) is 17.7 Å². The summed E-state index contributed by atoms with van der Waals surface area (Å²) < 4.78 is 47.7. The van der Waals surface area contributed by atoms with Gasteiger partial charge in [0.25, 0.3) is 0 Å². The van der Waals surface area contributed by atoms with Gasteiger partial charge in [-0.2, -0.15) is 13.2 Å². The maximum absolute atomic E-state index is 12.4. The van der Waals surface area contributed by atoms with Crippen LogP contribution in [0, 0.1) is 0 Å². The third kappa shape index (κ3) is 5.06. The van der Waals surface area contributed by atoms with Crippen molar-refractivity contribution in [1.82, 2.24) is 15.5 Å². The summed E-state index contributed by atoms with van der Waals surface area (Å²) in [6, 6.07) is 5.24.